The lowest BCUT2D eigenvalue weighted by atomic mass is 9.42. The molecule has 34 heavy (non-hydrogen) atoms. The molecule has 5 saturated carbocycles. The van der Waals surface area contributed by atoms with Crippen molar-refractivity contribution < 1.29 is 14.3 Å². The molecule has 5 aliphatic rings. The summed E-state index contributed by atoms with van der Waals surface area (Å²) < 4.78 is 5.38. The maximum absolute atomic E-state index is 13.7. The van der Waals surface area contributed by atoms with E-state index in [2.05, 4.69) is 34.9 Å². The van der Waals surface area contributed by atoms with Crippen molar-refractivity contribution in [2.45, 2.75) is 63.3 Å². The van der Waals surface area contributed by atoms with Crippen molar-refractivity contribution >= 4 is 17.5 Å². The summed E-state index contributed by atoms with van der Waals surface area (Å²) >= 11 is 0. The largest absolute Gasteiger partial charge is 0.497 e. The summed E-state index contributed by atoms with van der Waals surface area (Å²) in [4.78, 5) is 25.8. The molecule has 5 nitrogen and oxygen atoms in total. The molecule has 5 aliphatic carbocycles. The van der Waals surface area contributed by atoms with Crippen LogP contribution in [-0.4, -0.2) is 18.9 Å². The maximum atomic E-state index is 13.7. The zero-order valence-electron chi connectivity index (χ0n) is 19.9. The second-order valence-corrected chi connectivity index (χ2v) is 11.4. The van der Waals surface area contributed by atoms with Crippen molar-refractivity contribution in [1.29, 1.82) is 0 Å². The molecule has 4 bridgehead atoms. The average molecular weight is 459 g/mol. The summed E-state index contributed by atoms with van der Waals surface area (Å²) in [6.45, 7) is 0.499. The number of amides is 2. The van der Waals surface area contributed by atoms with E-state index in [-0.39, 0.29) is 28.6 Å². The van der Waals surface area contributed by atoms with Gasteiger partial charge in [0.05, 0.1) is 12.5 Å². The van der Waals surface area contributed by atoms with Gasteiger partial charge in [0.1, 0.15) is 5.75 Å². The number of benzene rings is 2. The van der Waals surface area contributed by atoms with Crippen LogP contribution < -0.4 is 15.4 Å². The Balaban J connectivity index is 1.17. The number of anilines is 1. The van der Waals surface area contributed by atoms with Gasteiger partial charge in [0.25, 0.3) is 0 Å². The molecule has 0 aliphatic heterocycles. The molecule has 0 radical (unpaired) electrons. The minimum absolute atomic E-state index is 0.110. The van der Waals surface area contributed by atoms with Gasteiger partial charge in [-0.15, -0.1) is 0 Å². The number of carbonyl (C=O) groups excluding carboxylic acids is 2. The van der Waals surface area contributed by atoms with E-state index in [9.17, 15) is 9.59 Å². The van der Waals surface area contributed by atoms with Crippen molar-refractivity contribution in [2.24, 2.45) is 23.2 Å². The highest BCUT2D eigenvalue weighted by Gasteiger charge is 2.60. The van der Waals surface area contributed by atoms with E-state index in [1.165, 1.54) is 24.8 Å². The normalized spacial score (nSPS) is 31.2. The third-order valence-electron chi connectivity index (χ3n) is 8.84. The highest BCUT2D eigenvalue weighted by Crippen LogP contribution is 2.65. The molecule has 5 heteroatoms. The van der Waals surface area contributed by atoms with Gasteiger partial charge in [-0.1, -0.05) is 24.3 Å². The Bertz CT molecular complexity index is 1090. The van der Waals surface area contributed by atoms with Gasteiger partial charge in [-0.05, 0) is 104 Å². The first kappa shape index (κ1) is 21.7. The number of nitrogens with one attached hydrogen (secondary N) is 2. The third kappa shape index (κ3) is 3.89. The monoisotopic (exact) mass is 458 g/mol. The second kappa shape index (κ2) is 8.14. The molecule has 0 heterocycles. The van der Waals surface area contributed by atoms with Gasteiger partial charge in [-0.3, -0.25) is 9.59 Å². The van der Waals surface area contributed by atoms with E-state index in [0.29, 0.717) is 18.4 Å². The molecule has 5 fully saturated rings. The quantitative estimate of drug-likeness (QED) is 0.599. The van der Waals surface area contributed by atoms with Gasteiger partial charge in [0.15, 0.2) is 0 Å². The topological polar surface area (TPSA) is 67.4 Å². The van der Waals surface area contributed by atoms with E-state index in [4.69, 9.17) is 4.74 Å². The predicted molar refractivity (Wildman–Crippen MR) is 131 cm³/mol. The molecule has 7 rings (SSSR count). The molecular formula is C29H34N2O3. The summed E-state index contributed by atoms with van der Waals surface area (Å²) in [6.07, 6.45) is 8.64. The zero-order valence-corrected chi connectivity index (χ0v) is 19.9. The molecule has 0 aromatic heterocycles. The first-order valence-electron chi connectivity index (χ1n) is 12.8. The molecular weight excluding hydrogens is 424 g/mol. The van der Waals surface area contributed by atoms with Gasteiger partial charge >= 0.3 is 0 Å². The Morgan fingerprint density at radius 3 is 2.41 bits per heavy atom. The minimum atomic E-state index is -0.262. The minimum Gasteiger partial charge on any atom is -0.497 e. The Morgan fingerprint density at radius 1 is 1.00 bits per heavy atom. The van der Waals surface area contributed by atoms with Crippen LogP contribution in [0.2, 0.25) is 0 Å². The van der Waals surface area contributed by atoms with Crippen molar-refractivity contribution in [3.63, 3.8) is 0 Å². The fraction of sp³-hybridized carbons (Fsp3) is 0.517. The molecule has 0 saturated heterocycles. The predicted octanol–water partition coefficient (Wildman–Crippen LogP) is 5.20. The lowest BCUT2D eigenvalue weighted by Gasteiger charge is -2.61. The van der Waals surface area contributed by atoms with Crippen LogP contribution in [0.1, 0.15) is 62.5 Å². The number of methoxy groups -OCH3 is 1. The first-order chi connectivity index (χ1) is 16.5. The fourth-order valence-corrected chi connectivity index (χ4v) is 7.53. The van der Waals surface area contributed by atoms with Crippen LogP contribution in [0.3, 0.4) is 0 Å². The van der Waals surface area contributed by atoms with Crippen LogP contribution in [0.15, 0.2) is 48.5 Å². The Morgan fingerprint density at radius 2 is 1.74 bits per heavy atom. The van der Waals surface area contributed by atoms with Crippen LogP contribution in [-0.2, 0) is 21.5 Å². The van der Waals surface area contributed by atoms with E-state index in [1.807, 2.05) is 24.3 Å². The number of ether oxygens (including phenoxy) is 1. The first-order valence-corrected chi connectivity index (χ1v) is 12.8. The number of hydrogen-bond donors (Lipinski definition) is 2. The summed E-state index contributed by atoms with van der Waals surface area (Å²) in [5, 5.41) is 6.30. The van der Waals surface area contributed by atoms with E-state index in [0.717, 1.165) is 49.1 Å². The number of hydrogen-bond acceptors (Lipinski definition) is 3. The highest BCUT2D eigenvalue weighted by atomic mass is 16.5. The molecule has 2 amide bonds. The average Bonchev–Trinajstić information content (AvgIpc) is 3.68. The van der Waals surface area contributed by atoms with Gasteiger partial charge in [-0.2, -0.15) is 0 Å². The van der Waals surface area contributed by atoms with Crippen LogP contribution in [0.4, 0.5) is 5.69 Å². The van der Waals surface area contributed by atoms with Crippen LogP contribution in [0.5, 0.6) is 5.75 Å². The smallest absolute Gasteiger partial charge is 0.227 e. The summed E-state index contributed by atoms with van der Waals surface area (Å²) in [5.74, 6) is 2.66. The van der Waals surface area contributed by atoms with Crippen molar-refractivity contribution in [1.82, 2.24) is 5.32 Å². The number of rotatable bonds is 7. The molecule has 2 atom stereocenters. The molecule has 2 N–H and O–H groups in total. The maximum Gasteiger partial charge on any atom is 0.227 e. The molecule has 2 aromatic carbocycles. The second-order valence-electron chi connectivity index (χ2n) is 11.4. The Labute approximate surface area is 201 Å². The third-order valence-corrected chi connectivity index (χ3v) is 8.84. The number of carbonyl (C=O) groups is 2. The molecule has 0 spiro atoms. The molecule has 2 unspecified atom stereocenters. The van der Waals surface area contributed by atoms with E-state index in [1.54, 1.807) is 7.11 Å². The summed E-state index contributed by atoms with van der Waals surface area (Å²) in [6, 6.07) is 16.4. The van der Waals surface area contributed by atoms with Gasteiger partial charge in [0.2, 0.25) is 11.8 Å². The van der Waals surface area contributed by atoms with E-state index < -0.39 is 0 Å². The lowest BCUT2D eigenvalue weighted by Crippen LogP contribution is -2.59. The molecule has 2 aromatic rings. The van der Waals surface area contributed by atoms with Crippen LogP contribution in [0.25, 0.3) is 0 Å². The van der Waals surface area contributed by atoms with Crippen molar-refractivity contribution in [2.75, 3.05) is 12.4 Å². The summed E-state index contributed by atoms with van der Waals surface area (Å²) in [7, 11) is 1.70. The SMILES string of the molecule is COc1ccc(C23CC4CC(CC(C(=O)NCc5cccc(NC(=O)C6CC6)c5)(C4)C2)C3)cc1. The Hall–Kier alpha value is -2.82. The van der Waals surface area contributed by atoms with Crippen LogP contribution >= 0.6 is 0 Å². The van der Waals surface area contributed by atoms with Gasteiger partial charge in [-0.25, -0.2) is 0 Å². The van der Waals surface area contributed by atoms with Gasteiger partial charge in [0, 0.05) is 18.2 Å². The zero-order chi connectivity index (χ0) is 23.3. The summed E-state index contributed by atoms with van der Waals surface area (Å²) in [5.41, 5.74) is 3.06. The van der Waals surface area contributed by atoms with Crippen molar-refractivity contribution in [3.8, 4) is 5.75 Å². The van der Waals surface area contributed by atoms with Crippen LogP contribution in [0, 0.1) is 23.2 Å². The lowest BCUT2D eigenvalue weighted by molar-refractivity contribution is -0.149. The Kier molecular flexibility index (Phi) is 5.20. The van der Waals surface area contributed by atoms with Crippen molar-refractivity contribution in [3.05, 3.63) is 59.7 Å². The highest BCUT2D eigenvalue weighted by molar-refractivity contribution is 5.94. The van der Waals surface area contributed by atoms with Gasteiger partial charge < -0.3 is 15.4 Å². The standard InChI is InChI=1S/C29H34N2O3/c1-34-25-9-7-23(8-10-25)28-13-20-11-21(14-28)16-29(15-20,18-28)27(33)30-17-19-3-2-4-24(12-19)31-26(32)22-5-6-22/h2-4,7-10,12,20-22H,5-6,11,13-18H2,1H3,(H,30,33)(H,31,32). The van der Waals surface area contributed by atoms with E-state index >= 15 is 0 Å². The molecule has 178 valence electrons. The fourth-order valence-electron chi connectivity index (χ4n) is 7.53.